The Morgan fingerprint density at radius 3 is 2.62 bits per heavy atom. The molecule has 3 aliphatic rings. The van der Waals surface area contributed by atoms with E-state index in [-0.39, 0.29) is 11.3 Å². The van der Waals surface area contributed by atoms with Gasteiger partial charge in [0.25, 0.3) is 0 Å². The lowest BCUT2D eigenvalue weighted by Crippen LogP contribution is -2.38. The molecule has 0 bridgehead atoms. The van der Waals surface area contributed by atoms with Crippen LogP contribution < -0.4 is 0 Å². The van der Waals surface area contributed by atoms with E-state index in [1.165, 1.54) is 12.0 Å². The van der Waals surface area contributed by atoms with Gasteiger partial charge in [0, 0.05) is 18.8 Å². The highest BCUT2D eigenvalue weighted by atomic mass is 16.3. The molecule has 3 N–H and O–H groups in total. The molecular weight excluding hydrogens is 424 g/mol. The number of fused-ring (bicyclic) bond motifs is 1. The first-order chi connectivity index (χ1) is 16.0. The van der Waals surface area contributed by atoms with E-state index in [9.17, 15) is 20.1 Å². The van der Waals surface area contributed by atoms with E-state index in [2.05, 4.69) is 32.6 Å². The Labute approximate surface area is 207 Å². The maximum atomic E-state index is 13.2. The number of allylic oxidation sites excluding steroid dienone is 3. The summed E-state index contributed by atoms with van der Waals surface area (Å²) in [6.45, 7) is 12.6. The molecule has 0 aromatic rings. The third kappa shape index (κ3) is 5.77. The zero-order valence-electron chi connectivity index (χ0n) is 22.0. The lowest BCUT2D eigenvalue weighted by Gasteiger charge is -2.44. The number of Topliss-reactive ketones (excluding diaryl/α,β-unsaturated/α-hetero) is 1. The SMILES string of the molecule is C=C1/C(=C/C=C2/CCC[C@]3(C)[C@@H]([C@@H](C)C(=O)CCCC(O)(CC)CC)CC[C@@H]23)C[C@@H](O)C[C@H]1O. The second-order valence-corrected chi connectivity index (χ2v) is 11.7. The number of hydrogen-bond donors (Lipinski definition) is 3. The van der Waals surface area contributed by atoms with Crippen LogP contribution in [0.15, 0.2) is 35.5 Å². The number of rotatable bonds is 9. The number of carbonyl (C=O) groups excluding carboxylic acids is 1. The van der Waals surface area contributed by atoms with Crippen LogP contribution in [-0.4, -0.2) is 38.9 Å². The van der Waals surface area contributed by atoms with Crippen LogP contribution in [0.2, 0.25) is 0 Å². The second kappa shape index (κ2) is 11.2. The molecule has 0 saturated heterocycles. The minimum absolute atomic E-state index is 0.0625. The van der Waals surface area contributed by atoms with E-state index in [0.29, 0.717) is 43.3 Å². The molecule has 3 rings (SSSR count). The van der Waals surface area contributed by atoms with Crippen molar-refractivity contribution in [2.45, 2.75) is 123 Å². The molecule has 6 atom stereocenters. The van der Waals surface area contributed by atoms with E-state index in [0.717, 1.165) is 56.1 Å². The van der Waals surface area contributed by atoms with Crippen LogP contribution in [0.3, 0.4) is 0 Å². The lowest BCUT2D eigenvalue weighted by molar-refractivity contribution is -0.126. The number of hydrogen-bond acceptors (Lipinski definition) is 4. The van der Waals surface area contributed by atoms with Gasteiger partial charge in [-0.2, -0.15) is 0 Å². The molecule has 0 spiro atoms. The van der Waals surface area contributed by atoms with Crippen molar-refractivity contribution in [2.75, 3.05) is 0 Å². The predicted octanol–water partition coefficient (Wildman–Crippen LogP) is 6.05. The summed E-state index contributed by atoms with van der Waals surface area (Å²) in [5, 5.41) is 30.8. The van der Waals surface area contributed by atoms with E-state index < -0.39 is 17.8 Å². The molecule has 34 heavy (non-hydrogen) atoms. The van der Waals surface area contributed by atoms with Gasteiger partial charge in [-0.25, -0.2) is 0 Å². The smallest absolute Gasteiger partial charge is 0.135 e. The summed E-state index contributed by atoms with van der Waals surface area (Å²) in [6.07, 6.45) is 13.3. The summed E-state index contributed by atoms with van der Waals surface area (Å²) in [6, 6.07) is 0. The van der Waals surface area contributed by atoms with Crippen LogP contribution >= 0.6 is 0 Å². The quantitative estimate of drug-likeness (QED) is 0.381. The fourth-order valence-electron chi connectivity index (χ4n) is 7.21. The van der Waals surface area contributed by atoms with Crippen LogP contribution in [0.25, 0.3) is 0 Å². The van der Waals surface area contributed by atoms with Crippen molar-refractivity contribution in [3.63, 3.8) is 0 Å². The van der Waals surface area contributed by atoms with Gasteiger partial charge >= 0.3 is 0 Å². The molecule has 0 aliphatic heterocycles. The van der Waals surface area contributed by atoms with E-state index in [1.807, 2.05) is 13.8 Å². The maximum Gasteiger partial charge on any atom is 0.135 e. The van der Waals surface area contributed by atoms with Crippen LogP contribution in [0, 0.1) is 23.2 Å². The molecule has 192 valence electrons. The number of aliphatic hydroxyl groups excluding tert-OH is 2. The van der Waals surface area contributed by atoms with Crippen molar-refractivity contribution >= 4 is 5.78 Å². The van der Waals surface area contributed by atoms with Gasteiger partial charge in [-0.1, -0.05) is 52.0 Å². The Hall–Kier alpha value is -1.23. The van der Waals surface area contributed by atoms with Crippen molar-refractivity contribution in [3.05, 3.63) is 35.5 Å². The monoisotopic (exact) mass is 472 g/mol. The van der Waals surface area contributed by atoms with Crippen LogP contribution in [0.5, 0.6) is 0 Å². The first-order valence-electron chi connectivity index (χ1n) is 13.7. The summed E-state index contributed by atoms with van der Waals surface area (Å²) in [4.78, 5) is 13.2. The van der Waals surface area contributed by atoms with Crippen molar-refractivity contribution < 1.29 is 20.1 Å². The van der Waals surface area contributed by atoms with Gasteiger partial charge in [0.2, 0.25) is 0 Å². The zero-order valence-corrected chi connectivity index (χ0v) is 22.0. The number of ketones is 1. The fraction of sp³-hybridized carbons (Fsp3) is 0.767. The Balaban J connectivity index is 1.67. The first-order valence-corrected chi connectivity index (χ1v) is 13.7. The molecule has 0 aromatic carbocycles. The van der Waals surface area contributed by atoms with Crippen LogP contribution in [0.1, 0.15) is 105 Å². The largest absolute Gasteiger partial charge is 0.393 e. The molecule has 3 aliphatic carbocycles. The highest BCUT2D eigenvalue weighted by molar-refractivity contribution is 5.81. The van der Waals surface area contributed by atoms with E-state index in [4.69, 9.17) is 0 Å². The lowest BCUT2D eigenvalue weighted by atomic mass is 9.60. The maximum absolute atomic E-state index is 13.2. The third-order valence-corrected chi connectivity index (χ3v) is 9.80. The highest BCUT2D eigenvalue weighted by Gasteiger charge is 2.51. The molecule has 4 heteroatoms. The topological polar surface area (TPSA) is 77.8 Å². The molecule has 0 heterocycles. The standard InChI is InChI=1S/C30H48O4/c1-6-30(34,7-2)17-9-11-27(32)21(4)25-14-15-26-22(10-8-16-29(25,26)5)12-13-23-18-24(31)19-28(33)20(23)3/h12-13,21,24-26,28,31,33-34H,3,6-11,14-19H2,1-2,4-5H3/b22-12-,23-13+/t21-,24-,25-,26+,28-,29-/m1/s1. The number of aliphatic hydroxyl groups is 3. The Morgan fingerprint density at radius 2 is 1.94 bits per heavy atom. The summed E-state index contributed by atoms with van der Waals surface area (Å²) in [7, 11) is 0. The molecule has 3 saturated carbocycles. The van der Waals surface area contributed by atoms with Gasteiger partial charge < -0.3 is 15.3 Å². The average molecular weight is 473 g/mol. The normalized spacial score (nSPS) is 35.6. The minimum atomic E-state index is -0.654. The molecule has 0 amide bonds. The minimum Gasteiger partial charge on any atom is -0.393 e. The van der Waals surface area contributed by atoms with Gasteiger partial charge in [-0.05, 0) is 92.6 Å². The molecule has 3 fully saturated rings. The summed E-state index contributed by atoms with van der Waals surface area (Å²) in [5.41, 5.74) is 2.68. The Bertz CT molecular complexity index is 805. The molecule has 0 radical (unpaired) electrons. The van der Waals surface area contributed by atoms with Gasteiger partial charge in [0.1, 0.15) is 5.78 Å². The van der Waals surface area contributed by atoms with Gasteiger partial charge in [0.05, 0.1) is 17.8 Å². The number of carbonyl (C=O) groups is 1. The van der Waals surface area contributed by atoms with Gasteiger partial charge in [-0.3, -0.25) is 4.79 Å². The summed E-state index contributed by atoms with van der Waals surface area (Å²) in [5.74, 6) is 1.33. The molecule has 0 aromatic heterocycles. The molecular formula is C30H48O4. The van der Waals surface area contributed by atoms with E-state index in [1.54, 1.807) is 0 Å². The van der Waals surface area contributed by atoms with Crippen LogP contribution in [-0.2, 0) is 4.79 Å². The highest BCUT2D eigenvalue weighted by Crippen LogP contribution is 2.59. The fourth-order valence-corrected chi connectivity index (χ4v) is 7.21. The van der Waals surface area contributed by atoms with Gasteiger partial charge in [0.15, 0.2) is 0 Å². The van der Waals surface area contributed by atoms with Crippen molar-refractivity contribution in [1.82, 2.24) is 0 Å². The summed E-state index contributed by atoms with van der Waals surface area (Å²) >= 11 is 0. The molecule has 0 unspecified atom stereocenters. The Morgan fingerprint density at radius 1 is 1.24 bits per heavy atom. The summed E-state index contributed by atoms with van der Waals surface area (Å²) < 4.78 is 0. The van der Waals surface area contributed by atoms with Crippen molar-refractivity contribution in [1.29, 1.82) is 0 Å². The molecule has 4 nitrogen and oxygen atoms in total. The zero-order chi connectivity index (χ0) is 25.1. The van der Waals surface area contributed by atoms with Gasteiger partial charge in [-0.15, -0.1) is 0 Å². The van der Waals surface area contributed by atoms with Crippen molar-refractivity contribution in [3.8, 4) is 0 Å². The average Bonchev–Trinajstić information content (AvgIpc) is 3.17. The van der Waals surface area contributed by atoms with Crippen molar-refractivity contribution in [2.24, 2.45) is 23.2 Å². The first kappa shape index (κ1) is 27.4. The Kier molecular flexibility index (Phi) is 9.03. The second-order valence-electron chi connectivity index (χ2n) is 11.7. The third-order valence-electron chi connectivity index (χ3n) is 9.80. The predicted molar refractivity (Wildman–Crippen MR) is 138 cm³/mol. The van der Waals surface area contributed by atoms with Crippen LogP contribution in [0.4, 0.5) is 0 Å². The van der Waals surface area contributed by atoms with E-state index >= 15 is 0 Å².